The Hall–Kier alpha value is -3.43. The molecule has 0 radical (unpaired) electrons. The Morgan fingerprint density at radius 1 is 1.23 bits per heavy atom. The molecule has 1 aromatic heterocycles. The lowest BCUT2D eigenvalue weighted by Crippen LogP contribution is -2.16. The molecule has 1 atom stereocenters. The Morgan fingerprint density at radius 3 is 2.62 bits per heavy atom. The first-order valence-corrected chi connectivity index (χ1v) is 14.2. The van der Waals surface area contributed by atoms with Crippen LogP contribution in [0.3, 0.4) is 0 Å². The lowest BCUT2D eigenvalue weighted by Gasteiger charge is -2.22. The maximum Gasteiger partial charge on any atom is 0.131 e. The molecule has 2 aromatic rings. The van der Waals surface area contributed by atoms with Crippen molar-refractivity contribution in [2.75, 3.05) is 0 Å². The van der Waals surface area contributed by atoms with Gasteiger partial charge in [-0.15, -0.1) is 0 Å². The predicted octanol–water partition coefficient (Wildman–Crippen LogP) is 8.43. The predicted molar refractivity (Wildman–Crippen MR) is 161 cm³/mol. The largest absolute Gasteiger partial charge is 0.381 e. The van der Waals surface area contributed by atoms with Crippen LogP contribution in [0.15, 0.2) is 59.1 Å². The molecular formula is C34H44FN3O. The summed E-state index contributed by atoms with van der Waals surface area (Å²) in [6.07, 6.45) is 9.63. The molecule has 0 saturated heterocycles. The molecule has 3 rings (SSSR count). The smallest absolute Gasteiger partial charge is 0.131 e. The fourth-order valence-electron chi connectivity index (χ4n) is 5.65. The molecule has 5 heteroatoms. The molecule has 1 unspecified atom stereocenters. The Kier molecular flexibility index (Phi) is 10.9. The molecule has 0 aliphatic heterocycles. The Bertz CT molecular complexity index is 1320. The highest BCUT2D eigenvalue weighted by molar-refractivity contribution is 5.98. The topological polar surface area (TPSA) is 68.7 Å². The minimum absolute atomic E-state index is 0.344. The number of allylic oxidation sites excluding steroid dienone is 5. The van der Waals surface area contributed by atoms with E-state index in [1.807, 2.05) is 19.9 Å². The van der Waals surface area contributed by atoms with Crippen LogP contribution in [0.1, 0.15) is 92.9 Å². The van der Waals surface area contributed by atoms with Crippen LogP contribution in [0.4, 0.5) is 4.39 Å². The van der Waals surface area contributed by atoms with E-state index in [9.17, 15) is 4.79 Å². The van der Waals surface area contributed by atoms with Crippen LogP contribution < -0.4 is 5.32 Å². The second-order valence-corrected chi connectivity index (χ2v) is 11.0. The van der Waals surface area contributed by atoms with Crippen LogP contribution in [0, 0.1) is 25.2 Å². The summed E-state index contributed by atoms with van der Waals surface area (Å²) in [5, 5.41) is 11.5. The van der Waals surface area contributed by atoms with Crippen molar-refractivity contribution in [3.8, 4) is 0 Å². The van der Waals surface area contributed by atoms with Crippen molar-refractivity contribution in [2.24, 2.45) is 5.92 Å². The number of hydrogen-bond donors (Lipinski definition) is 3. The molecule has 1 aromatic carbocycles. The van der Waals surface area contributed by atoms with Gasteiger partial charge in [-0.2, -0.15) is 0 Å². The standard InChI is InChI=1S/C34H44FN3O/c1-7-27-18-26(15-16-29(27)14-10-13-28-11-8-9-12-30(28)21-39)20-37-25(6)31(19-36)32(33(35)22(2)3)34-23(4)17-24(5)38-34/h15-19,28,36-38H,6-14,20H2,1-5H3/b32-31+,36-19?. The van der Waals surface area contributed by atoms with Crippen molar-refractivity contribution in [2.45, 2.75) is 92.5 Å². The summed E-state index contributed by atoms with van der Waals surface area (Å²) >= 11 is 0. The van der Waals surface area contributed by atoms with Crippen molar-refractivity contribution in [1.29, 1.82) is 5.41 Å². The summed E-state index contributed by atoms with van der Waals surface area (Å²) in [4.78, 5) is 14.6. The molecule has 1 aliphatic rings. The molecule has 0 bridgehead atoms. The minimum Gasteiger partial charge on any atom is -0.381 e. The lowest BCUT2D eigenvalue weighted by molar-refractivity contribution is 0.418. The second kappa shape index (κ2) is 14.1. The number of hydrogen-bond acceptors (Lipinski definition) is 3. The van der Waals surface area contributed by atoms with Gasteiger partial charge in [-0.1, -0.05) is 38.1 Å². The first-order chi connectivity index (χ1) is 18.7. The number of carbonyl (C=O) groups excluding carboxylic acids is 1. The number of halogens is 1. The molecule has 208 valence electrons. The van der Waals surface area contributed by atoms with Gasteiger partial charge in [0.05, 0.1) is 5.69 Å². The van der Waals surface area contributed by atoms with Crippen LogP contribution in [-0.4, -0.2) is 17.1 Å². The van der Waals surface area contributed by atoms with Crippen molar-refractivity contribution in [1.82, 2.24) is 10.3 Å². The number of rotatable bonds is 12. The van der Waals surface area contributed by atoms with Crippen molar-refractivity contribution in [3.05, 3.63) is 92.7 Å². The zero-order valence-electron chi connectivity index (χ0n) is 24.3. The third kappa shape index (κ3) is 7.58. The molecule has 4 nitrogen and oxygen atoms in total. The van der Waals surface area contributed by atoms with Gasteiger partial charge in [0, 0.05) is 40.9 Å². The average Bonchev–Trinajstić information content (AvgIpc) is 3.27. The lowest BCUT2D eigenvalue weighted by atomic mass is 9.81. The molecule has 0 amide bonds. The third-order valence-electron chi connectivity index (χ3n) is 7.83. The molecule has 39 heavy (non-hydrogen) atoms. The second-order valence-electron chi connectivity index (χ2n) is 11.0. The fourth-order valence-corrected chi connectivity index (χ4v) is 5.65. The van der Waals surface area contributed by atoms with E-state index in [0.29, 0.717) is 40.6 Å². The number of aryl methyl sites for hydroxylation is 4. The molecule has 1 aliphatic carbocycles. The molecule has 0 spiro atoms. The maximum atomic E-state index is 15.4. The summed E-state index contributed by atoms with van der Waals surface area (Å²) in [6, 6.07) is 8.56. The van der Waals surface area contributed by atoms with Crippen LogP contribution in [0.25, 0.3) is 5.57 Å². The van der Waals surface area contributed by atoms with Crippen LogP contribution >= 0.6 is 0 Å². The van der Waals surface area contributed by atoms with Gasteiger partial charge in [0.15, 0.2) is 0 Å². The maximum absolute atomic E-state index is 15.4. The minimum atomic E-state index is -0.344. The SMILES string of the molecule is C=C(NCc1ccc(CCCC2CCCCC2=C=O)c(CC)c1)/C(C=N)=C(\C(F)=C(C)C)c1[nH]c(C)cc1C. The van der Waals surface area contributed by atoms with E-state index in [4.69, 9.17) is 5.41 Å². The van der Waals surface area contributed by atoms with Gasteiger partial charge in [-0.3, -0.25) is 0 Å². The number of H-pyrrole nitrogens is 1. The monoisotopic (exact) mass is 529 g/mol. The van der Waals surface area contributed by atoms with E-state index in [0.717, 1.165) is 67.3 Å². The Labute approximate surface area is 233 Å². The van der Waals surface area contributed by atoms with Gasteiger partial charge < -0.3 is 15.7 Å². The first-order valence-electron chi connectivity index (χ1n) is 14.2. The zero-order chi connectivity index (χ0) is 28.5. The molecule has 1 saturated carbocycles. The highest BCUT2D eigenvalue weighted by Crippen LogP contribution is 2.34. The summed E-state index contributed by atoms with van der Waals surface area (Å²) in [6.45, 7) is 14.2. The quantitative estimate of drug-likeness (QED) is 0.147. The first kappa shape index (κ1) is 30.1. The normalized spacial score (nSPS) is 15.8. The van der Waals surface area contributed by atoms with Crippen LogP contribution in [-0.2, 0) is 24.2 Å². The van der Waals surface area contributed by atoms with Gasteiger partial charge in [0.2, 0.25) is 0 Å². The molecular weight excluding hydrogens is 485 g/mol. The zero-order valence-corrected chi connectivity index (χ0v) is 24.3. The highest BCUT2D eigenvalue weighted by Gasteiger charge is 2.21. The van der Waals surface area contributed by atoms with Crippen molar-refractivity contribution < 1.29 is 9.18 Å². The molecule has 1 fully saturated rings. The van der Waals surface area contributed by atoms with Crippen LogP contribution in [0.5, 0.6) is 0 Å². The molecule has 1 heterocycles. The fraction of sp³-hybridized carbons (Fsp3) is 0.441. The Balaban J connectivity index is 1.74. The van der Waals surface area contributed by atoms with Gasteiger partial charge in [0.25, 0.3) is 0 Å². The third-order valence-corrected chi connectivity index (χ3v) is 7.83. The van der Waals surface area contributed by atoms with E-state index in [2.05, 4.69) is 47.9 Å². The van der Waals surface area contributed by atoms with Gasteiger partial charge in [-0.05, 0) is 112 Å². The highest BCUT2D eigenvalue weighted by atomic mass is 19.1. The van der Waals surface area contributed by atoms with Crippen molar-refractivity contribution in [3.63, 3.8) is 0 Å². The molecule has 3 N–H and O–H groups in total. The van der Waals surface area contributed by atoms with Gasteiger partial charge in [-0.25, -0.2) is 9.18 Å². The van der Waals surface area contributed by atoms with Crippen molar-refractivity contribution >= 4 is 17.7 Å². The number of aromatic nitrogens is 1. The van der Waals surface area contributed by atoms with Gasteiger partial charge >= 0.3 is 0 Å². The number of nitrogens with one attached hydrogen (secondary N) is 3. The Morgan fingerprint density at radius 2 is 2.00 bits per heavy atom. The van der Waals surface area contributed by atoms with E-state index in [-0.39, 0.29) is 5.83 Å². The average molecular weight is 530 g/mol. The summed E-state index contributed by atoms with van der Waals surface area (Å²) in [7, 11) is 0. The summed E-state index contributed by atoms with van der Waals surface area (Å²) < 4.78 is 15.4. The summed E-state index contributed by atoms with van der Waals surface area (Å²) in [5.74, 6) is 2.27. The van der Waals surface area contributed by atoms with Crippen LogP contribution in [0.2, 0.25) is 0 Å². The van der Waals surface area contributed by atoms with E-state index < -0.39 is 0 Å². The van der Waals surface area contributed by atoms with Gasteiger partial charge in [0.1, 0.15) is 11.8 Å². The number of aromatic amines is 1. The van der Waals surface area contributed by atoms with E-state index in [1.54, 1.807) is 13.8 Å². The summed E-state index contributed by atoms with van der Waals surface area (Å²) in [5.41, 5.74) is 9.19. The van der Waals surface area contributed by atoms with E-state index >= 15 is 4.39 Å². The number of benzene rings is 1. The van der Waals surface area contributed by atoms with E-state index in [1.165, 1.54) is 23.8 Å².